The van der Waals surface area contributed by atoms with E-state index in [2.05, 4.69) is 16.9 Å². The molecular formula is C28H25NO7. The quantitative estimate of drug-likeness (QED) is 0.517. The van der Waals surface area contributed by atoms with Gasteiger partial charge in [-0.15, -0.1) is 0 Å². The van der Waals surface area contributed by atoms with Gasteiger partial charge >= 0.3 is 18.0 Å². The number of rotatable bonds is 6. The first-order chi connectivity index (χ1) is 17.5. The number of aliphatic carboxylic acids is 1. The van der Waals surface area contributed by atoms with Gasteiger partial charge in [0.15, 0.2) is 0 Å². The molecule has 0 radical (unpaired) electrons. The van der Waals surface area contributed by atoms with Crippen LogP contribution in [0, 0.1) is 0 Å². The van der Waals surface area contributed by atoms with Crippen molar-refractivity contribution in [2.75, 3.05) is 20.3 Å². The lowest BCUT2D eigenvalue weighted by molar-refractivity contribution is -0.141. The number of carbonyl (C=O) groups is 3. The number of hydrogen-bond acceptors (Lipinski definition) is 6. The molecule has 2 aliphatic rings. The number of hydrogen-bond donors (Lipinski definition) is 1. The van der Waals surface area contributed by atoms with Crippen LogP contribution in [0.1, 0.15) is 33.8 Å². The van der Waals surface area contributed by atoms with Gasteiger partial charge in [-0.3, -0.25) is 4.90 Å². The van der Waals surface area contributed by atoms with Gasteiger partial charge in [-0.05, 0) is 46.5 Å². The molecule has 1 N–H and O–H groups in total. The molecule has 3 aromatic rings. The van der Waals surface area contributed by atoms with Gasteiger partial charge in [-0.1, -0.05) is 48.5 Å². The normalized spacial score (nSPS) is 18.3. The van der Waals surface area contributed by atoms with Crippen LogP contribution in [0.2, 0.25) is 0 Å². The van der Waals surface area contributed by atoms with Gasteiger partial charge in [0.1, 0.15) is 24.5 Å². The van der Waals surface area contributed by atoms with Gasteiger partial charge in [-0.25, -0.2) is 14.4 Å². The van der Waals surface area contributed by atoms with Crippen LogP contribution in [-0.4, -0.2) is 60.4 Å². The van der Waals surface area contributed by atoms with Gasteiger partial charge in [0, 0.05) is 12.3 Å². The van der Waals surface area contributed by atoms with Crippen LogP contribution in [0.4, 0.5) is 4.79 Å². The van der Waals surface area contributed by atoms with E-state index in [1.165, 1.54) is 12.0 Å². The van der Waals surface area contributed by atoms with Gasteiger partial charge in [-0.2, -0.15) is 0 Å². The maximum Gasteiger partial charge on any atom is 0.410 e. The van der Waals surface area contributed by atoms with Gasteiger partial charge in [0.25, 0.3) is 0 Å². The van der Waals surface area contributed by atoms with E-state index in [0.717, 1.165) is 22.3 Å². The van der Waals surface area contributed by atoms with E-state index in [1.807, 2.05) is 36.4 Å². The second-order valence-electron chi connectivity index (χ2n) is 8.80. The minimum Gasteiger partial charge on any atom is -0.488 e. The summed E-state index contributed by atoms with van der Waals surface area (Å²) in [6.07, 6.45) is -1.09. The second-order valence-corrected chi connectivity index (χ2v) is 8.80. The molecule has 1 saturated heterocycles. The van der Waals surface area contributed by atoms with Crippen molar-refractivity contribution in [2.45, 2.75) is 24.5 Å². The third kappa shape index (κ3) is 4.37. The molecule has 1 aliphatic carbocycles. The molecule has 1 fully saturated rings. The number of likely N-dealkylation sites (tertiary alicyclic amines) is 1. The summed E-state index contributed by atoms with van der Waals surface area (Å²) in [7, 11) is 1.30. The third-order valence-electron chi connectivity index (χ3n) is 6.70. The van der Waals surface area contributed by atoms with Crippen molar-refractivity contribution in [3.63, 3.8) is 0 Å². The number of esters is 1. The Labute approximate surface area is 208 Å². The van der Waals surface area contributed by atoms with Crippen LogP contribution in [-0.2, 0) is 14.3 Å². The number of amides is 1. The molecule has 1 aliphatic heterocycles. The van der Waals surface area contributed by atoms with Crippen molar-refractivity contribution >= 4 is 18.0 Å². The first-order valence-electron chi connectivity index (χ1n) is 11.7. The summed E-state index contributed by atoms with van der Waals surface area (Å²) in [5, 5.41) is 9.72. The molecule has 0 saturated carbocycles. The van der Waals surface area contributed by atoms with E-state index in [4.69, 9.17) is 9.47 Å². The number of fused-ring (bicyclic) bond motifs is 3. The fourth-order valence-electron chi connectivity index (χ4n) is 4.98. The first kappa shape index (κ1) is 23.4. The predicted octanol–water partition coefficient (Wildman–Crippen LogP) is 4.33. The summed E-state index contributed by atoms with van der Waals surface area (Å²) in [5.74, 6) is -1.23. The van der Waals surface area contributed by atoms with E-state index in [9.17, 15) is 19.5 Å². The topological polar surface area (TPSA) is 102 Å². The molecule has 184 valence electrons. The molecule has 0 unspecified atom stereocenters. The molecule has 0 aromatic heterocycles. The number of ether oxygens (including phenoxy) is 3. The Morgan fingerprint density at radius 1 is 0.917 bits per heavy atom. The van der Waals surface area contributed by atoms with E-state index < -0.39 is 30.2 Å². The minimum absolute atomic E-state index is 0.0758. The minimum atomic E-state index is -1.12. The van der Waals surface area contributed by atoms with Crippen LogP contribution in [0.15, 0.2) is 72.8 Å². The van der Waals surface area contributed by atoms with Crippen LogP contribution in [0.25, 0.3) is 11.1 Å². The van der Waals surface area contributed by atoms with E-state index in [0.29, 0.717) is 11.3 Å². The Morgan fingerprint density at radius 3 is 2.11 bits per heavy atom. The van der Waals surface area contributed by atoms with Crippen molar-refractivity contribution in [3.8, 4) is 16.9 Å². The molecular weight excluding hydrogens is 462 g/mol. The number of carbonyl (C=O) groups excluding carboxylic acids is 2. The van der Waals surface area contributed by atoms with E-state index in [1.54, 1.807) is 24.3 Å². The Kier molecular flexibility index (Phi) is 6.33. The Balaban J connectivity index is 1.26. The zero-order valence-corrected chi connectivity index (χ0v) is 19.6. The average Bonchev–Trinajstić information content (AvgIpc) is 3.47. The van der Waals surface area contributed by atoms with Crippen LogP contribution in [0.3, 0.4) is 0 Å². The number of carboxylic acid groups (broad SMARTS) is 1. The van der Waals surface area contributed by atoms with Crippen molar-refractivity contribution < 1.29 is 33.7 Å². The standard InChI is InChI=1S/C28H25NO7/c1-34-27(32)17-10-12-18(13-11-17)36-19-14-25(26(30)31)29(15-19)28(33)35-16-24-22-8-4-2-6-20(22)21-7-3-5-9-23(21)24/h2-13,19,24-25H,14-16H2,1H3,(H,30,31)/t19-,25-/m0/s1. The van der Waals surface area contributed by atoms with E-state index >= 15 is 0 Å². The van der Waals surface area contributed by atoms with E-state index in [-0.39, 0.29) is 25.5 Å². The Morgan fingerprint density at radius 2 is 1.53 bits per heavy atom. The number of benzene rings is 3. The fourth-order valence-corrected chi connectivity index (χ4v) is 4.98. The summed E-state index contributed by atoms with van der Waals surface area (Å²) in [4.78, 5) is 37.7. The van der Waals surface area contributed by atoms with Gasteiger partial charge < -0.3 is 19.3 Å². The predicted molar refractivity (Wildman–Crippen MR) is 130 cm³/mol. The lowest BCUT2D eigenvalue weighted by atomic mass is 9.98. The Bertz CT molecular complexity index is 1260. The number of methoxy groups -OCH3 is 1. The summed E-state index contributed by atoms with van der Waals surface area (Å²) >= 11 is 0. The molecule has 1 amide bonds. The third-order valence-corrected chi connectivity index (χ3v) is 6.70. The summed E-state index contributed by atoms with van der Waals surface area (Å²) in [6, 6.07) is 21.3. The molecule has 0 bridgehead atoms. The van der Waals surface area contributed by atoms with Crippen molar-refractivity contribution in [3.05, 3.63) is 89.5 Å². The average molecular weight is 488 g/mol. The highest BCUT2D eigenvalue weighted by atomic mass is 16.6. The summed E-state index contributed by atoms with van der Waals surface area (Å²) in [6.45, 7) is 0.183. The maximum absolute atomic E-state index is 13.0. The Hall–Kier alpha value is -4.33. The first-order valence-corrected chi connectivity index (χ1v) is 11.7. The van der Waals surface area contributed by atoms with Crippen molar-refractivity contribution in [2.24, 2.45) is 0 Å². The number of carboxylic acids is 1. The summed E-state index contributed by atoms with van der Waals surface area (Å²) in [5.41, 5.74) is 4.77. The lowest BCUT2D eigenvalue weighted by Gasteiger charge is -2.22. The molecule has 36 heavy (non-hydrogen) atoms. The molecule has 3 aromatic carbocycles. The second kappa shape index (κ2) is 9.73. The monoisotopic (exact) mass is 487 g/mol. The van der Waals surface area contributed by atoms with Gasteiger partial charge in [0.05, 0.1) is 19.2 Å². The molecule has 0 spiro atoms. The van der Waals surface area contributed by atoms with Crippen molar-refractivity contribution in [1.29, 1.82) is 0 Å². The number of nitrogens with zero attached hydrogens (tertiary/aromatic N) is 1. The largest absolute Gasteiger partial charge is 0.488 e. The van der Waals surface area contributed by atoms with Crippen molar-refractivity contribution in [1.82, 2.24) is 4.90 Å². The lowest BCUT2D eigenvalue weighted by Crippen LogP contribution is -2.41. The summed E-state index contributed by atoms with van der Waals surface area (Å²) < 4.78 is 16.3. The smallest absolute Gasteiger partial charge is 0.410 e. The highest BCUT2D eigenvalue weighted by Gasteiger charge is 2.42. The van der Waals surface area contributed by atoms with Gasteiger partial charge in [0.2, 0.25) is 0 Å². The SMILES string of the molecule is COC(=O)c1ccc(O[C@H]2C[C@@H](C(=O)O)N(C(=O)OCC3c4ccccc4-c4ccccc43)C2)cc1. The van der Waals surface area contributed by atoms with Crippen LogP contribution >= 0.6 is 0 Å². The molecule has 8 heteroatoms. The molecule has 5 rings (SSSR count). The zero-order chi connectivity index (χ0) is 25.2. The zero-order valence-electron chi connectivity index (χ0n) is 19.6. The fraction of sp³-hybridized carbons (Fsp3) is 0.250. The highest BCUT2D eigenvalue weighted by molar-refractivity contribution is 5.89. The van der Waals surface area contributed by atoms with Crippen LogP contribution in [0.5, 0.6) is 5.75 Å². The molecule has 2 atom stereocenters. The molecule has 1 heterocycles. The van der Waals surface area contributed by atoms with Crippen LogP contribution < -0.4 is 4.74 Å². The highest BCUT2D eigenvalue weighted by Crippen LogP contribution is 2.44. The maximum atomic E-state index is 13.0. The molecule has 8 nitrogen and oxygen atoms in total.